The highest BCUT2D eigenvalue weighted by atomic mass is 79.9. The van der Waals surface area contributed by atoms with Crippen LogP contribution in [0.15, 0.2) is 16.7 Å². The van der Waals surface area contributed by atoms with E-state index in [1.807, 2.05) is 0 Å². The first-order valence-electron chi connectivity index (χ1n) is 5.44. The smallest absolute Gasteiger partial charge is 0.255 e. The lowest BCUT2D eigenvalue weighted by Gasteiger charge is -2.09. The van der Waals surface area contributed by atoms with Crippen LogP contribution in [0, 0.1) is 0 Å². The summed E-state index contributed by atoms with van der Waals surface area (Å²) in [5.41, 5.74) is 5.46. The van der Waals surface area contributed by atoms with E-state index in [-0.39, 0.29) is 18.2 Å². The summed E-state index contributed by atoms with van der Waals surface area (Å²) in [6, 6.07) is 1.68. The molecule has 0 fully saturated rings. The molecule has 0 saturated heterocycles. The Morgan fingerprint density at radius 3 is 2.83 bits per heavy atom. The summed E-state index contributed by atoms with van der Waals surface area (Å²) in [5, 5.41) is 5.55. The Kier molecular flexibility index (Phi) is 5.57. The zero-order valence-electron chi connectivity index (χ0n) is 10.00. The second-order valence-corrected chi connectivity index (χ2v) is 4.54. The highest BCUT2D eigenvalue weighted by Gasteiger charge is 2.12. The summed E-state index contributed by atoms with van der Waals surface area (Å²) in [7, 11) is 1.69. The summed E-state index contributed by atoms with van der Waals surface area (Å²) >= 11 is 3.26. The molecule has 0 saturated carbocycles. The van der Waals surface area contributed by atoms with E-state index in [0.29, 0.717) is 24.3 Å². The lowest BCUT2D eigenvalue weighted by Crippen LogP contribution is -2.26. The molecule has 1 aromatic heterocycles. The molecule has 1 heterocycles. The number of halogens is 1. The fourth-order valence-corrected chi connectivity index (χ4v) is 1.70. The minimum Gasteiger partial charge on any atom is -0.372 e. The first kappa shape index (κ1) is 14.4. The van der Waals surface area contributed by atoms with Crippen LogP contribution in [-0.4, -0.2) is 30.4 Å². The van der Waals surface area contributed by atoms with Gasteiger partial charge >= 0.3 is 0 Å². The fourth-order valence-electron chi connectivity index (χ4n) is 1.37. The number of anilines is 1. The number of nitrogens with zero attached hydrogens (tertiary/aromatic N) is 1. The molecule has 0 bridgehead atoms. The van der Waals surface area contributed by atoms with Crippen molar-refractivity contribution in [2.45, 2.75) is 12.8 Å². The van der Waals surface area contributed by atoms with Crippen LogP contribution in [0.2, 0.25) is 0 Å². The van der Waals surface area contributed by atoms with Gasteiger partial charge in [-0.1, -0.05) is 0 Å². The molecule has 18 heavy (non-hydrogen) atoms. The predicted octanol–water partition coefficient (Wildman–Crippen LogP) is 0.881. The maximum atomic E-state index is 11.9. The monoisotopic (exact) mass is 314 g/mol. The van der Waals surface area contributed by atoms with Gasteiger partial charge in [0.05, 0.1) is 5.56 Å². The van der Waals surface area contributed by atoms with E-state index in [4.69, 9.17) is 5.73 Å². The van der Waals surface area contributed by atoms with Crippen LogP contribution >= 0.6 is 15.9 Å². The molecule has 0 aliphatic carbocycles. The SMILES string of the molecule is CNc1ncc(Br)cc1C(=O)NCCCC(N)=O. The molecule has 0 unspecified atom stereocenters. The van der Waals surface area contributed by atoms with Crippen molar-refractivity contribution in [1.29, 1.82) is 0 Å². The number of amides is 2. The molecule has 0 aliphatic heterocycles. The maximum Gasteiger partial charge on any atom is 0.255 e. The van der Waals surface area contributed by atoms with Gasteiger partial charge in [-0.3, -0.25) is 9.59 Å². The number of carbonyl (C=O) groups is 2. The average Bonchev–Trinajstić information content (AvgIpc) is 2.34. The van der Waals surface area contributed by atoms with E-state index in [0.717, 1.165) is 4.47 Å². The largest absolute Gasteiger partial charge is 0.372 e. The lowest BCUT2D eigenvalue weighted by molar-refractivity contribution is -0.118. The van der Waals surface area contributed by atoms with E-state index in [1.54, 1.807) is 19.3 Å². The van der Waals surface area contributed by atoms with Crippen molar-refractivity contribution in [3.8, 4) is 0 Å². The fraction of sp³-hybridized carbons (Fsp3) is 0.364. The van der Waals surface area contributed by atoms with Crippen molar-refractivity contribution in [3.05, 3.63) is 22.3 Å². The Labute approximate surface area is 113 Å². The van der Waals surface area contributed by atoms with Crippen LogP contribution in [0.25, 0.3) is 0 Å². The normalized spacial score (nSPS) is 9.89. The van der Waals surface area contributed by atoms with E-state index >= 15 is 0 Å². The lowest BCUT2D eigenvalue weighted by atomic mass is 10.2. The van der Waals surface area contributed by atoms with Crippen molar-refractivity contribution in [1.82, 2.24) is 10.3 Å². The topological polar surface area (TPSA) is 97.1 Å². The molecule has 0 radical (unpaired) electrons. The van der Waals surface area contributed by atoms with Crippen LogP contribution < -0.4 is 16.4 Å². The summed E-state index contributed by atoms with van der Waals surface area (Å²) in [6.45, 7) is 0.400. The second kappa shape index (κ2) is 6.95. The number of primary amides is 1. The number of nitrogens with one attached hydrogen (secondary N) is 2. The third kappa shape index (κ3) is 4.33. The van der Waals surface area contributed by atoms with Gasteiger partial charge in [-0.2, -0.15) is 0 Å². The number of rotatable bonds is 6. The Morgan fingerprint density at radius 2 is 2.22 bits per heavy atom. The zero-order chi connectivity index (χ0) is 13.5. The molecular weight excluding hydrogens is 300 g/mol. The zero-order valence-corrected chi connectivity index (χ0v) is 11.6. The van der Waals surface area contributed by atoms with Gasteiger partial charge in [0.2, 0.25) is 5.91 Å². The molecule has 0 atom stereocenters. The van der Waals surface area contributed by atoms with Crippen molar-refractivity contribution in [2.24, 2.45) is 5.73 Å². The summed E-state index contributed by atoms with van der Waals surface area (Å²) in [4.78, 5) is 26.5. The van der Waals surface area contributed by atoms with Crippen LogP contribution in [0.5, 0.6) is 0 Å². The summed E-state index contributed by atoms with van der Waals surface area (Å²) in [5.74, 6) is -0.104. The number of nitrogens with two attached hydrogens (primary N) is 1. The highest BCUT2D eigenvalue weighted by molar-refractivity contribution is 9.10. The van der Waals surface area contributed by atoms with Crippen molar-refractivity contribution >= 4 is 33.6 Å². The molecule has 0 aliphatic rings. The van der Waals surface area contributed by atoms with E-state index in [9.17, 15) is 9.59 Å². The molecule has 1 rings (SSSR count). The van der Waals surface area contributed by atoms with Gasteiger partial charge in [0.25, 0.3) is 5.91 Å². The molecule has 0 aromatic carbocycles. The van der Waals surface area contributed by atoms with Gasteiger partial charge in [0, 0.05) is 30.7 Å². The van der Waals surface area contributed by atoms with Gasteiger partial charge in [0.1, 0.15) is 5.82 Å². The number of aromatic nitrogens is 1. The van der Waals surface area contributed by atoms with Crippen LogP contribution in [0.1, 0.15) is 23.2 Å². The minimum absolute atomic E-state index is 0.238. The van der Waals surface area contributed by atoms with Crippen LogP contribution in [0.3, 0.4) is 0 Å². The van der Waals surface area contributed by atoms with Crippen LogP contribution in [-0.2, 0) is 4.79 Å². The third-order valence-electron chi connectivity index (χ3n) is 2.22. The number of hydrogen-bond acceptors (Lipinski definition) is 4. The van der Waals surface area contributed by atoms with Gasteiger partial charge in [-0.05, 0) is 28.4 Å². The van der Waals surface area contributed by atoms with Crippen LogP contribution in [0.4, 0.5) is 5.82 Å². The Bertz CT molecular complexity index is 451. The van der Waals surface area contributed by atoms with E-state index in [2.05, 4.69) is 31.5 Å². The standard InChI is InChI=1S/C11H15BrN4O2/c1-14-10-8(5-7(12)6-16-10)11(18)15-4-2-3-9(13)17/h5-6H,2-4H2,1H3,(H2,13,17)(H,14,16)(H,15,18). The number of pyridine rings is 1. The Hall–Kier alpha value is -1.63. The highest BCUT2D eigenvalue weighted by Crippen LogP contribution is 2.17. The van der Waals surface area contributed by atoms with Crippen molar-refractivity contribution in [3.63, 3.8) is 0 Å². The van der Waals surface area contributed by atoms with Crippen molar-refractivity contribution in [2.75, 3.05) is 18.9 Å². The second-order valence-electron chi connectivity index (χ2n) is 3.63. The van der Waals surface area contributed by atoms with E-state index in [1.165, 1.54) is 0 Å². The number of carbonyl (C=O) groups excluding carboxylic acids is 2. The molecular formula is C11H15BrN4O2. The summed E-state index contributed by atoms with van der Waals surface area (Å²) in [6.07, 6.45) is 2.39. The molecule has 7 heteroatoms. The van der Waals surface area contributed by atoms with Gasteiger partial charge in [-0.25, -0.2) is 4.98 Å². The van der Waals surface area contributed by atoms with E-state index < -0.39 is 0 Å². The van der Waals surface area contributed by atoms with Gasteiger partial charge in [-0.15, -0.1) is 0 Å². The van der Waals surface area contributed by atoms with Gasteiger partial charge in [0.15, 0.2) is 0 Å². The first-order chi connectivity index (χ1) is 8.54. The minimum atomic E-state index is -0.371. The quantitative estimate of drug-likeness (QED) is 0.679. The first-order valence-corrected chi connectivity index (χ1v) is 6.23. The maximum absolute atomic E-state index is 11.9. The summed E-state index contributed by atoms with van der Waals surface area (Å²) < 4.78 is 0.726. The predicted molar refractivity (Wildman–Crippen MR) is 72.2 cm³/mol. The van der Waals surface area contributed by atoms with Gasteiger partial charge < -0.3 is 16.4 Å². The Morgan fingerprint density at radius 1 is 1.50 bits per heavy atom. The molecule has 0 spiro atoms. The Balaban J connectivity index is 2.60. The molecule has 98 valence electrons. The molecule has 1 aromatic rings. The number of hydrogen-bond donors (Lipinski definition) is 3. The average molecular weight is 315 g/mol. The molecule has 2 amide bonds. The third-order valence-corrected chi connectivity index (χ3v) is 2.65. The molecule has 6 nitrogen and oxygen atoms in total. The van der Waals surface area contributed by atoms with Crippen molar-refractivity contribution < 1.29 is 9.59 Å². The molecule has 4 N–H and O–H groups in total.